The summed E-state index contributed by atoms with van der Waals surface area (Å²) in [4.78, 5) is 25.0. The van der Waals surface area contributed by atoms with E-state index in [1.807, 2.05) is 30.3 Å². The minimum absolute atomic E-state index is 0.0000135. The molecule has 0 bridgehead atoms. The molecule has 0 aromatic heterocycles. The molecule has 0 aliphatic heterocycles. The third kappa shape index (κ3) is 5.22. The maximum atomic E-state index is 13.0. The number of carbonyl (C=O) groups excluding carboxylic acids is 2. The van der Waals surface area contributed by atoms with E-state index in [2.05, 4.69) is 15.4 Å². The van der Waals surface area contributed by atoms with Crippen molar-refractivity contribution in [3.05, 3.63) is 94.5 Å². The molecule has 8 heteroatoms. The fourth-order valence-corrected chi connectivity index (χ4v) is 4.26. The Morgan fingerprint density at radius 3 is 2.25 bits per heavy atom. The first-order valence-corrected chi connectivity index (χ1v) is 11.5. The van der Waals surface area contributed by atoms with E-state index in [-0.39, 0.29) is 22.9 Å². The van der Waals surface area contributed by atoms with Gasteiger partial charge in [-0.15, -0.1) is 0 Å². The van der Waals surface area contributed by atoms with Crippen LogP contribution in [0.2, 0.25) is 0 Å². The average molecular weight is 452 g/mol. The Labute approximate surface area is 187 Å². The maximum absolute atomic E-state index is 13.0. The van der Waals surface area contributed by atoms with Gasteiger partial charge in [-0.25, -0.2) is 13.1 Å². The fraction of sp³-hybridized carbons (Fsp3) is 0.167. The molecule has 0 saturated heterocycles. The predicted octanol–water partition coefficient (Wildman–Crippen LogP) is 3.39. The van der Waals surface area contributed by atoms with Crippen LogP contribution < -0.4 is 15.4 Å². The number of anilines is 1. The first-order valence-electron chi connectivity index (χ1n) is 10.00. The maximum Gasteiger partial charge on any atom is 0.255 e. The minimum Gasteiger partial charge on any atom is -0.355 e. The zero-order chi connectivity index (χ0) is 23.3. The molecule has 0 fully saturated rings. The lowest BCUT2D eigenvalue weighted by molar-refractivity contribution is 0.0960. The van der Waals surface area contributed by atoms with Crippen molar-refractivity contribution >= 4 is 27.5 Å². The van der Waals surface area contributed by atoms with Gasteiger partial charge in [-0.3, -0.25) is 9.59 Å². The summed E-state index contributed by atoms with van der Waals surface area (Å²) in [5, 5.41) is 5.35. The predicted molar refractivity (Wildman–Crippen MR) is 124 cm³/mol. The Morgan fingerprint density at radius 1 is 0.844 bits per heavy atom. The highest BCUT2D eigenvalue weighted by atomic mass is 32.2. The third-order valence-corrected chi connectivity index (χ3v) is 6.53. The van der Waals surface area contributed by atoms with Gasteiger partial charge in [0, 0.05) is 30.4 Å². The largest absolute Gasteiger partial charge is 0.355 e. The molecule has 166 valence electrons. The summed E-state index contributed by atoms with van der Waals surface area (Å²) >= 11 is 0. The Hall–Kier alpha value is -3.49. The van der Waals surface area contributed by atoms with E-state index in [1.54, 1.807) is 38.1 Å². The molecule has 0 saturated carbocycles. The number of nitrogens with one attached hydrogen (secondary N) is 3. The van der Waals surface area contributed by atoms with Gasteiger partial charge in [0.1, 0.15) is 0 Å². The summed E-state index contributed by atoms with van der Waals surface area (Å²) < 4.78 is 28.1. The van der Waals surface area contributed by atoms with Crippen LogP contribution in [0.15, 0.2) is 71.6 Å². The fourth-order valence-electron chi connectivity index (χ4n) is 3.21. The lowest BCUT2D eigenvalue weighted by Gasteiger charge is -2.14. The van der Waals surface area contributed by atoms with Crippen LogP contribution in [0.5, 0.6) is 0 Å². The molecule has 3 aromatic rings. The molecule has 3 aromatic carbocycles. The van der Waals surface area contributed by atoms with Crippen molar-refractivity contribution < 1.29 is 18.0 Å². The Kier molecular flexibility index (Phi) is 7.07. The monoisotopic (exact) mass is 451 g/mol. The van der Waals surface area contributed by atoms with Crippen LogP contribution >= 0.6 is 0 Å². The highest BCUT2D eigenvalue weighted by molar-refractivity contribution is 7.89. The van der Waals surface area contributed by atoms with Gasteiger partial charge in [0.05, 0.1) is 4.90 Å². The number of sulfonamides is 1. The van der Waals surface area contributed by atoms with Gasteiger partial charge in [-0.1, -0.05) is 42.5 Å². The molecule has 3 N–H and O–H groups in total. The SMILES string of the molecule is CNC(=O)c1cccc(NC(=O)c2cc(S(=O)(=O)NCc3ccccc3)ccc2C)c1C. The van der Waals surface area contributed by atoms with Crippen LogP contribution in [-0.2, 0) is 16.6 Å². The normalized spacial score (nSPS) is 11.1. The lowest BCUT2D eigenvalue weighted by Crippen LogP contribution is -2.24. The molecule has 3 rings (SSSR count). The summed E-state index contributed by atoms with van der Waals surface area (Å²) in [5.74, 6) is -0.716. The van der Waals surface area contributed by atoms with Crippen molar-refractivity contribution in [2.24, 2.45) is 0 Å². The molecule has 2 amide bonds. The van der Waals surface area contributed by atoms with Crippen molar-refractivity contribution in [2.75, 3.05) is 12.4 Å². The van der Waals surface area contributed by atoms with E-state index in [4.69, 9.17) is 0 Å². The first-order chi connectivity index (χ1) is 15.2. The molecular formula is C24H25N3O4S. The summed E-state index contributed by atoms with van der Waals surface area (Å²) in [5.41, 5.74) is 3.23. The standard InChI is InChI=1S/C24H25N3O4S/c1-16-12-13-19(32(30,31)26-15-18-8-5-4-6-9-18)14-21(16)24(29)27-22-11-7-10-20(17(22)2)23(28)25-3/h4-14,26H,15H2,1-3H3,(H,25,28)(H,27,29). The number of rotatable bonds is 7. The minimum atomic E-state index is -3.82. The van der Waals surface area contributed by atoms with Crippen LogP contribution in [0.3, 0.4) is 0 Å². The van der Waals surface area contributed by atoms with Crippen LogP contribution in [0.1, 0.15) is 37.4 Å². The van der Waals surface area contributed by atoms with E-state index >= 15 is 0 Å². The Bertz CT molecular complexity index is 1260. The molecule has 0 spiro atoms. The molecule has 0 atom stereocenters. The van der Waals surface area contributed by atoms with Gasteiger partial charge >= 0.3 is 0 Å². The van der Waals surface area contributed by atoms with Gasteiger partial charge in [0.25, 0.3) is 11.8 Å². The number of carbonyl (C=O) groups is 2. The zero-order valence-corrected chi connectivity index (χ0v) is 18.9. The van der Waals surface area contributed by atoms with E-state index in [9.17, 15) is 18.0 Å². The smallest absolute Gasteiger partial charge is 0.255 e. The van der Waals surface area contributed by atoms with Crippen molar-refractivity contribution in [3.8, 4) is 0 Å². The summed E-state index contributed by atoms with van der Waals surface area (Å²) in [6.45, 7) is 3.61. The van der Waals surface area contributed by atoms with Crippen molar-refractivity contribution in [2.45, 2.75) is 25.3 Å². The highest BCUT2D eigenvalue weighted by Gasteiger charge is 2.19. The van der Waals surface area contributed by atoms with Crippen molar-refractivity contribution in [3.63, 3.8) is 0 Å². The molecule has 0 aliphatic carbocycles. The zero-order valence-electron chi connectivity index (χ0n) is 18.1. The second-order valence-electron chi connectivity index (χ2n) is 7.30. The summed E-state index contributed by atoms with van der Waals surface area (Å²) in [6.07, 6.45) is 0. The lowest BCUT2D eigenvalue weighted by atomic mass is 10.0. The van der Waals surface area contributed by atoms with Crippen LogP contribution in [0, 0.1) is 13.8 Å². The second kappa shape index (κ2) is 9.76. The second-order valence-corrected chi connectivity index (χ2v) is 9.07. The third-order valence-electron chi connectivity index (χ3n) is 5.13. The van der Waals surface area contributed by atoms with E-state index in [0.29, 0.717) is 22.4 Å². The van der Waals surface area contributed by atoms with E-state index < -0.39 is 15.9 Å². The van der Waals surface area contributed by atoms with Gasteiger partial charge in [0.2, 0.25) is 10.0 Å². The first kappa shape index (κ1) is 23.2. The number of amides is 2. The quantitative estimate of drug-likeness (QED) is 0.512. The van der Waals surface area contributed by atoms with Crippen LogP contribution in [0.4, 0.5) is 5.69 Å². The number of benzene rings is 3. The molecule has 0 aliphatic rings. The van der Waals surface area contributed by atoms with Gasteiger partial charge in [-0.2, -0.15) is 0 Å². The van der Waals surface area contributed by atoms with E-state index in [0.717, 1.165) is 5.56 Å². The van der Waals surface area contributed by atoms with Gasteiger partial charge in [-0.05, 0) is 54.8 Å². The summed E-state index contributed by atoms with van der Waals surface area (Å²) in [6, 6.07) is 18.6. The molecule has 7 nitrogen and oxygen atoms in total. The summed E-state index contributed by atoms with van der Waals surface area (Å²) in [7, 11) is -2.28. The topological polar surface area (TPSA) is 104 Å². The van der Waals surface area contributed by atoms with E-state index in [1.165, 1.54) is 19.2 Å². The van der Waals surface area contributed by atoms with Crippen molar-refractivity contribution in [1.29, 1.82) is 0 Å². The number of aryl methyl sites for hydroxylation is 1. The highest BCUT2D eigenvalue weighted by Crippen LogP contribution is 2.22. The van der Waals surface area contributed by atoms with Crippen molar-refractivity contribution in [1.82, 2.24) is 10.0 Å². The molecule has 0 heterocycles. The molecular weight excluding hydrogens is 426 g/mol. The van der Waals surface area contributed by atoms with Crippen LogP contribution in [0.25, 0.3) is 0 Å². The Balaban J connectivity index is 1.84. The number of hydrogen-bond donors (Lipinski definition) is 3. The molecule has 32 heavy (non-hydrogen) atoms. The molecule has 0 radical (unpaired) electrons. The average Bonchev–Trinajstić information content (AvgIpc) is 2.79. The Morgan fingerprint density at radius 2 is 1.56 bits per heavy atom. The van der Waals surface area contributed by atoms with Crippen LogP contribution in [-0.4, -0.2) is 27.3 Å². The van der Waals surface area contributed by atoms with Gasteiger partial charge < -0.3 is 10.6 Å². The molecule has 0 unspecified atom stereocenters. The number of hydrogen-bond acceptors (Lipinski definition) is 4. The van der Waals surface area contributed by atoms with Gasteiger partial charge in [0.15, 0.2) is 0 Å².